The Bertz CT molecular complexity index is 1450. The number of hydrogen-bond donors (Lipinski definition) is 0. The quantitative estimate of drug-likeness (QED) is 0.0261. The van der Waals surface area contributed by atoms with Crippen molar-refractivity contribution in [3.05, 3.63) is 72.9 Å². The molecule has 458 valence electrons. The predicted molar refractivity (Wildman–Crippen MR) is 344 cm³/mol. The summed E-state index contributed by atoms with van der Waals surface area (Å²) in [5.41, 5.74) is 0. The molecule has 0 saturated carbocycles. The van der Waals surface area contributed by atoms with Crippen molar-refractivity contribution in [2.24, 2.45) is 0 Å². The first-order chi connectivity index (χ1) is 39.0. The van der Waals surface area contributed by atoms with Gasteiger partial charge in [0.05, 0.1) is 0 Å². The largest absolute Gasteiger partial charge is 0.462 e. The Hall–Kier alpha value is -3.15. The molecule has 0 fully saturated rings. The van der Waals surface area contributed by atoms with E-state index in [0.29, 0.717) is 19.3 Å². The molecule has 6 heteroatoms. The minimum atomic E-state index is -0.784. The SMILES string of the molecule is CCCCCC/C=C\C/C=C\CCCCCCCCCC(=O)OC(COC(=O)CCCCCCC/C=C\CCCCCCC)COC(=O)CCCCCCCCCCCCCCCC/C=C\C/C=C\C/C=C\CCCCCCC. The second kappa shape index (κ2) is 67.4. The molecule has 6 nitrogen and oxygen atoms in total. The van der Waals surface area contributed by atoms with Gasteiger partial charge in [0.1, 0.15) is 13.2 Å². The van der Waals surface area contributed by atoms with Crippen LogP contribution in [0.25, 0.3) is 0 Å². The van der Waals surface area contributed by atoms with Crippen LogP contribution in [-0.4, -0.2) is 37.2 Å². The lowest BCUT2D eigenvalue weighted by Gasteiger charge is -2.18. The summed E-state index contributed by atoms with van der Waals surface area (Å²) in [5.74, 6) is -0.879. The van der Waals surface area contributed by atoms with Crippen molar-refractivity contribution >= 4 is 17.9 Å². The van der Waals surface area contributed by atoms with E-state index in [4.69, 9.17) is 14.2 Å². The molecule has 0 spiro atoms. The summed E-state index contributed by atoms with van der Waals surface area (Å²) in [6.45, 7) is 6.63. The first kappa shape index (κ1) is 75.8. The molecule has 0 bridgehead atoms. The van der Waals surface area contributed by atoms with E-state index in [0.717, 1.165) is 89.9 Å². The third kappa shape index (κ3) is 65.5. The van der Waals surface area contributed by atoms with Crippen LogP contribution in [0, 0.1) is 0 Å². The van der Waals surface area contributed by atoms with E-state index in [2.05, 4.69) is 93.7 Å². The summed E-state index contributed by atoms with van der Waals surface area (Å²) < 4.78 is 17.0. The van der Waals surface area contributed by atoms with E-state index in [-0.39, 0.29) is 31.1 Å². The van der Waals surface area contributed by atoms with E-state index >= 15 is 0 Å². The average molecular weight is 1100 g/mol. The van der Waals surface area contributed by atoms with Crippen LogP contribution < -0.4 is 0 Å². The minimum absolute atomic E-state index is 0.0793. The maximum Gasteiger partial charge on any atom is 0.306 e. The summed E-state index contributed by atoms with van der Waals surface area (Å²) in [5, 5.41) is 0. The van der Waals surface area contributed by atoms with Crippen LogP contribution in [-0.2, 0) is 28.6 Å². The molecule has 0 aromatic heterocycles. The fourth-order valence-electron chi connectivity index (χ4n) is 9.95. The molecule has 0 aromatic carbocycles. The standard InChI is InChI=1S/C73H130O6/c1-4-7-10-13-16-19-22-25-28-30-32-33-34-35-36-37-38-39-40-41-42-44-45-48-51-54-57-60-63-66-72(75)78-69-70(68-77-71(74)65-62-59-56-53-50-47-27-24-21-18-15-12-9-6-3)79-73(76)67-64-61-58-55-52-49-46-43-31-29-26-23-20-17-14-11-8-5-2/h20,22-25,27,29-32,34-35,70H,4-19,21,26,28,33,36-69H2,1-3H3/b23-20-,25-22-,27-24-,31-29-,32-30-,35-34-. The molecule has 0 aliphatic carbocycles. The van der Waals surface area contributed by atoms with Gasteiger partial charge >= 0.3 is 17.9 Å². The number of carbonyl (C=O) groups excluding carboxylic acids is 3. The van der Waals surface area contributed by atoms with Gasteiger partial charge in [-0.3, -0.25) is 14.4 Å². The Kier molecular flexibility index (Phi) is 64.7. The Labute approximate surface area is 491 Å². The molecule has 0 amide bonds. The van der Waals surface area contributed by atoms with Crippen molar-refractivity contribution in [3.63, 3.8) is 0 Å². The molecule has 0 aliphatic rings. The summed E-state index contributed by atoms with van der Waals surface area (Å²) in [4.78, 5) is 38.4. The highest BCUT2D eigenvalue weighted by Gasteiger charge is 2.19. The highest BCUT2D eigenvalue weighted by molar-refractivity contribution is 5.71. The molecule has 0 aliphatic heterocycles. The number of hydrogen-bond acceptors (Lipinski definition) is 6. The number of rotatable bonds is 63. The number of esters is 3. The van der Waals surface area contributed by atoms with Gasteiger partial charge in [-0.2, -0.15) is 0 Å². The van der Waals surface area contributed by atoms with Gasteiger partial charge in [0.15, 0.2) is 6.10 Å². The first-order valence-electron chi connectivity index (χ1n) is 34.4. The molecular weight excluding hydrogens is 973 g/mol. The van der Waals surface area contributed by atoms with Gasteiger partial charge in [0.25, 0.3) is 0 Å². The lowest BCUT2D eigenvalue weighted by Crippen LogP contribution is -2.30. The molecule has 0 aromatic rings. The van der Waals surface area contributed by atoms with Crippen molar-refractivity contribution in [3.8, 4) is 0 Å². The van der Waals surface area contributed by atoms with Crippen molar-refractivity contribution in [1.29, 1.82) is 0 Å². The summed E-state index contributed by atoms with van der Waals surface area (Å²) >= 11 is 0. The molecule has 0 N–H and O–H groups in total. The Morgan fingerprint density at radius 1 is 0.253 bits per heavy atom. The maximum atomic E-state index is 12.9. The topological polar surface area (TPSA) is 78.9 Å². The van der Waals surface area contributed by atoms with Crippen LogP contribution in [0.1, 0.15) is 355 Å². The van der Waals surface area contributed by atoms with Crippen molar-refractivity contribution in [2.75, 3.05) is 13.2 Å². The summed E-state index contributed by atoms with van der Waals surface area (Å²) in [7, 11) is 0. The highest BCUT2D eigenvalue weighted by atomic mass is 16.6. The van der Waals surface area contributed by atoms with Crippen LogP contribution in [0.2, 0.25) is 0 Å². The third-order valence-corrected chi connectivity index (χ3v) is 15.2. The molecule has 1 unspecified atom stereocenters. The summed E-state index contributed by atoms with van der Waals surface area (Å²) in [6, 6.07) is 0. The number of allylic oxidation sites excluding steroid dienone is 12. The van der Waals surface area contributed by atoms with E-state index in [9.17, 15) is 14.4 Å². The van der Waals surface area contributed by atoms with E-state index in [1.807, 2.05) is 0 Å². The normalized spacial score (nSPS) is 12.5. The van der Waals surface area contributed by atoms with Gasteiger partial charge in [-0.15, -0.1) is 0 Å². The van der Waals surface area contributed by atoms with E-state index < -0.39 is 6.10 Å². The van der Waals surface area contributed by atoms with Crippen LogP contribution in [0.15, 0.2) is 72.9 Å². The number of unbranched alkanes of at least 4 members (excludes halogenated alkanes) is 40. The zero-order valence-corrected chi connectivity index (χ0v) is 52.6. The third-order valence-electron chi connectivity index (χ3n) is 15.2. The molecule has 0 radical (unpaired) electrons. The highest BCUT2D eigenvalue weighted by Crippen LogP contribution is 2.17. The molecular formula is C73H130O6. The van der Waals surface area contributed by atoms with Crippen molar-refractivity contribution in [1.82, 2.24) is 0 Å². The second-order valence-electron chi connectivity index (χ2n) is 23.1. The fraction of sp³-hybridized carbons (Fsp3) is 0.795. The van der Waals surface area contributed by atoms with Crippen molar-refractivity contribution < 1.29 is 28.6 Å². The van der Waals surface area contributed by atoms with Crippen LogP contribution in [0.5, 0.6) is 0 Å². The Balaban J connectivity index is 4.26. The zero-order valence-electron chi connectivity index (χ0n) is 52.6. The monoisotopic (exact) mass is 1100 g/mol. The Morgan fingerprint density at radius 2 is 0.456 bits per heavy atom. The van der Waals surface area contributed by atoms with E-state index in [1.54, 1.807) is 0 Å². The average Bonchev–Trinajstić information content (AvgIpc) is 3.45. The smallest absolute Gasteiger partial charge is 0.306 e. The first-order valence-corrected chi connectivity index (χ1v) is 34.4. The lowest BCUT2D eigenvalue weighted by atomic mass is 10.0. The Morgan fingerprint density at radius 3 is 0.734 bits per heavy atom. The van der Waals surface area contributed by atoms with Gasteiger partial charge < -0.3 is 14.2 Å². The van der Waals surface area contributed by atoms with Gasteiger partial charge in [0, 0.05) is 19.3 Å². The van der Waals surface area contributed by atoms with Crippen LogP contribution in [0.4, 0.5) is 0 Å². The van der Waals surface area contributed by atoms with Crippen LogP contribution in [0.3, 0.4) is 0 Å². The lowest BCUT2D eigenvalue weighted by molar-refractivity contribution is -0.167. The predicted octanol–water partition coefficient (Wildman–Crippen LogP) is 23.7. The maximum absolute atomic E-state index is 12.9. The van der Waals surface area contributed by atoms with E-state index in [1.165, 1.54) is 225 Å². The zero-order chi connectivity index (χ0) is 57.1. The second-order valence-corrected chi connectivity index (χ2v) is 23.1. The molecule has 0 rings (SSSR count). The van der Waals surface area contributed by atoms with Crippen molar-refractivity contribution in [2.45, 2.75) is 361 Å². The number of carbonyl (C=O) groups is 3. The number of ether oxygens (including phenoxy) is 3. The minimum Gasteiger partial charge on any atom is -0.462 e. The molecule has 0 saturated heterocycles. The van der Waals surface area contributed by atoms with Gasteiger partial charge in [-0.1, -0.05) is 293 Å². The summed E-state index contributed by atoms with van der Waals surface area (Å²) in [6.07, 6.45) is 87.8. The molecule has 1 atom stereocenters. The van der Waals surface area contributed by atoms with Gasteiger partial charge in [0.2, 0.25) is 0 Å². The molecule has 0 heterocycles. The van der Waals surface area contributed by atoms with Crippen LogP contribution >= 0.6 is 0 Å². The van der Waals surface area contributed by atoms with Gasteiger partial charge in [-0.25, -0.2) is 0 Å². The molecule has 79 heavy (non-hydrogen) atoms. The fourth-order valence-corrected chi connectivity index (χ4v) is 9.95. The van der Waals surface area contributed by atoms with Gasteiger partial charge in [-0.05, 0) is 116 Å².